The molecular weight excluding hydrogens is 261 g/mol. The summed E-state index contributed by atoms with van der Waals surface area (Å²) in [5.74, 6) is -0.211. The zero-order chi connectivity index (χ0) is 14.5. The highest BCUT2D eigenvalue weighted by Crippen LogP contribution is 2.31. The number of carbonyl (C=O) groups excluding carboxylic acids is 1. The van der Waals surface area contributed by atoms with E-state index in [1.807, 2.05) is 0 Å². The van der Waals surface area contributed by atoms with Crippen LogP contribution in [0.1, 0.15) is 15.9 Å². The van der Waals surface area contributed by atoms with Crippen LogP contribution >= 0.6 is 0 Å². The molecule has 0 fully saturated rings. The maximum absolute atomic E-state index is 12.8. The lowest BCUT2D eigenvalue weighted by molar-refractivity contribution is 0.0995. The molecule has 0 spiro atoms. The number of primary amides is 1. The van der Waals surface area contributed by atoms with Gasteiger partial charge in [0.2, 0.25) is 0 Å². The molecular formula is C15H14FNO3. The fraction of sp³-hybridized carbons (Fsp3) is 0.133. The van der Waals surface area contributed by atoms with Gasteiger partial charge in [-0.05, 0) is 29.8 Å². The van der Waals surface area contributed by atoms with Crippen LogP contribution in [0.3, 0.4) is 0 Å². The molecule has 2 aromatic rings. The van der Waals surface area contributed by atoms with Crippen LogP contribution in [0.4, 0.5) is 4.39 Å². The number of hydrogen-bond acceptors (Lipinski definition) is 3. The van der Waals surface area contributed by atoms with Gasteiger partial charge in [0.1, 0.15) is 12.4 Å². The number of halogens is 1. The van der Waals surface area contributed by atoms with Crippen molar-refractivity contribution < 1.29 is 18.7 Å². The lowest BCUT2D eigenvalue weighted by atomic mass is 10.1. The standard InChI is InChI=1S/C15H14FNO3/c1-19-13-4-2-3-12(15(17)18)14(13)20-9-10-5-7-11(16)8-6-10/h2-8H,9H2,1H3,(H2,17,18). The number of rotatable bonds is 5. The third-order valence-electron chi connectivity index (χ3n) is 2.76. The van der Waals surface area contributed by atoms with E-state index in [0.29, 0.717) is 5.75 Å². The Labute approximate surface area is 115 Å². The first-order valence-corrected chi connectivity index (χ1v) is 5.96. The Balaban J connectivity index is 2.23. The number of nitrogens with two attached hydrogens (primary N) is 1. The van der Waals surface area contributed by atoms with Crippen molar-refractivity contribution in [3.05, 3.63) is 59.4 Å². The lowest BCUT2D eigenvalue weighted by Gasteiger charge is -2.13. The summed E-state index contributed by atoms with van der Waals surface area (Å²) in [5, 5.41) is 0. The van der Waals surface area contributed by atoms with Crippen LogP contribution in [0.25, 0.3) is 0 Å². The summed E-state index contributed by atoms with van der Waals surface area (Å²) in [7, 11) is 1.48. The van der Waals surface area contributed by atoms with E-state index in [9.17, 15) is 9.18 Å². The molecule has 0 saturated heterocycles. The number of methoxy groups -OCH3 is 1. The first-order valence-electron chi connectivity index (χ1n) is 5.96. The fourth-order valence-electron chi connectivity index (χ4n) is 1.76. The minimum atomic E-state index is -0.599. The average Bonchev–Trinajstić information content (AvgIpc) is 2.46. The van der Waals surface area contributed by atoms with E-state index < -0.39 is 5.91 Å². The Hall–Kier alpha value is -2.56. The van der Waals surface area contributed by atoms with Crippen LogP contribution in [0.2, 0.25) is 0 Å². The Morgan fingerprint density at radius 3 is 2.50 bits per heavy atom. The molecule has 0 aliphatic carbocycles. The highest BCUT2D eigenvalue weighted by Gasteiger charge is 2.14. The predicted octanol–water partition coefficient (Wildman–Crippen LogP) is 2.51. The second-order valence-electron chi connectivity index (χ2n) is 4.12. The fourth-order valence-corrected chi connectivity index (χ4v) is 1.76. The summed E-state index contributed by atoms with van der Waals surface area (Å²) >= 11 is 0. The van der Waals surface area contributed by atoms with Gasteiger partial charge in [0.05, 0.1) is 12.7 Å². The van der Waals surface area contributed by atoms with Crippen molar-refractivity contribution in [2.24, 2.45) is 5.73 Å². The van der Waals surface area contributed by atoms with Gasteiger partial charge in [0.15, 0.2) is 11.5 Å². The summed E-state index contributed by atoms with van der Waals surface area (Å²) < 4.78 is 23.6. The first kappa shape index (κ1) is 13.9. The largest absolute Gasteiger partial charge is 0.493 e. The van der Waals surface area contributed by atoms with E-state index in [1.165, 1.54) is 19.2 Å². The van der Waals surface area contributed by atoms with Crippen LogP contribution in [0, 0.1) is 5.82 Å². The number of amides is 1. The summed E-state index contributed by atoms with van der Waals surface area (Å²) in [6.07, 6.45) is 0. The first-order chi connectivity index (χ1) is 9.61. The number of ether oxygens (including phenoxy) is 2. The van der Waals surface area contributed by atoms with E-state index in [0.717, 1.165) is 5.56 Å². The normalized spacial score (nSPS) is 10.1. The smallest absolute Gasteiger partial charge is 0.252 e. The zero-order valence-electron chi connectivity index (χ0n) is 10.9. The van der Waals surface area contributed by atoms with E-state index in [4.69, 9.17) is 15.2 Å². The molecule has 0 saturated carbocycles. The Bertz CT molecular complexity index is 611. The highest BCUT2D eigenvalue weighted by molar-refractivity contribution is 5.96. The van der Waals surface area contributed by atoms with Crippen molar-refractivity contribution in [2.75, 3.05) is 7.11 Å². The molecule has 0 aliphatic rings. The van der Waals surface area contributed by atoms with Gasteiger partial charge in [-0.3, -0.25) is 4.79 Å². The molecule has 2 N–H and O–H groups in total. The van der Waals surface area contributed by atoms with Gasteiger partial charge in [-0.2, -0.15) is 0 Å². The van der Waals surface area contributed by atoms with Crippen molar-refractivity contribution in [2.45, 2.75) is 6.61 Å². The minimum absolute atomic E-state index is 0.181. The maximum atomic E-state index is 12.8. The molecule has 0 radical (unpaired) electrons. The van der Waals surface area contributed by atoms with Crippen LogP contribution in [0.5, 0.6) is 11.5 Å². The molecule has 4 nitrogen and oxygen atoms in total. The molecule has 104 valence electrons. The maximum Gasteiger partial charge on any atom is 0.252 e. The summed E-state index contributed by atoms with van der Waals surface area (Å²) in [4.78, 5) is 11.4. The molecule has 1 amide bonds. The molecule has 2 aromatic carbocycles. The SMILES string of the molecule is COc1cccc(C(N)=O)c1OCc1ccc(F)cc1. The Morgan fingerprint density at radius 2 is 1.90 bits per heavy atom. The average molecular weight is 275 g/mol. The van der Waals surface area contributed by atoms with Crippen LogP contribution in [-0.4, -0.2) is 13.0 Å². The molecule has 0 unspecified atom stereocenters. The van der Waals surface area contributed by atoms with Gasteiger partial charge in [-0.1, -0.05) is 18.2 Å². The van der Waals surface area contributed by atoms with Gasteiger partial charge < -0.3 is 15.2 Å². The van der Waals surface area contributed by atoms with Crippen molar-refractivity contribution in [1.82, 2.24) is 0 Å². The third kappa shape index (κ3) is 3.06. The lowest BCUT2D eigenvalue weighted by Crippen LogP contribution is -2.13. The van der Waals surface area contributed by atoms with Crippen LogP contribution in [-0.2, 0) is 6.61 Å². The summed E-state index contributed by atoms with van der Waals surface area (Å²) in [6.45, 7) is 0.181. The highest BCUT2D eigenvalue weighted by atomic mass is 19.1. The van der Waals surface area contributed by atoms with E-state index >= 15 is 0 Å². The van der Waals surface area contributed by atoms with Crippen molar-refractivity contribution in [3.8, 4) is 11.5 Å². The number of carbonyl (C=O) groups is 1. The van der Waals surface area contributed by atoms with Gasteiger partial charge in [0.25, 0.3) is 5.91 Å². The molecule has 0 heterocycles. The quantitative estimate of drug-likeness (QED) is 0.912. The van der Waals surface area contributed by atoms with E-state index in [2.05, 4.69) is 0 Å². The molecule has 0 bridgehead atoms. The third-order valence-corrected chi connectivity index (χ3v) is 2.76. The molecule has 2 rings (SSSR count). The Morgan fingerprint density at radius 1 is 1.20 bits per heavy atom. The summed E-state index contributed by atoms with van der Waals surface area (Å²) in [5.41, 5.74) is 6.32. The van der Waals surface area contributed by atoms with Crippen LogP contribution < -0.4 is 15.2 Å². The van der Waals surface area contributed by atoms with Gasteiger partial charge in [-0.25, -0.2) is 4.39 Å². The summed E-state index contributed by atoms with van der Waals surface area (Å²) in [6, 6.07) is 10.8. The minimum Gasteiger partial charge on any atom is -0.493 e. The van der Waals surface area contributed by atoms with E-state index in [-0.39, 0.29) is 23.7 Å². The molecule has 0 aromatic heterocycles. The number of hydrogen-bond donors (Lipinski definition) is 1. The second-order valence-corrected chi connectivity index (χ2v) is 4.12. The molecule has 0 aliphatic heterocycles. The van der Waals surface area contributed by atoms with Crippen molar-refractivity contribution >= 4 is 5.91 Å². The van der Waals surface area contributed by atoms with Gasteiger partial charge >= 0.3 is 0 Å². The van der Waals surface area contributed by atoms with Crippen molar-refractivity contribution in [1.29, 1.82) is 0 Å². The topological polar surface area (TPSA) is 61.5 Å². The van der Waals surface area contributed by atoms with E-state index in [1.54, 1.807) is 30.3 Å². The number of benzene rings is 2. The predicted molar refractivity (Wildman–Crippen MR) is 72.2 cm³/mol. The molecule has 5 heteroatoms. The molecule has 0 atom stereocenters. The van der Waals surface area contributed by atoms with Crippen molar-refractivity contribution in [3.63, 3.8) is 0 Å². The van der Waals surface area contributed by atoms with Gasteiger partial charge in [-0.15, -0.1) is 0 Å². The monoisotopic (exact) mass is 275 g/mol. The molecule has 20 heavy (non-hydrogen) atoms. The number of para-hydroxylation sites is 1. The Kier molecular flexibility index (Phi) is 4.20. The second kappa shape index (κ2) is 6.06. The van der Waals surface area contributed by atoms with Crippen LogP contribution in [0.15, 0.2) is 42.5 Å². The zero-order valence-corrected chi connectivity index (χ0v) is 10.9. The van der Waals surface area contributed by atoms with Gasteiger partial charge in [0, 0.05) is 0 Å².